The summed E-state index contributed by atoms with van der Waals surface area (Å²) >= 11 is 1.34. The summed E-state index contributed by atoms with van der Waals surface area (Å²) in [6.45, 7) is 2.21. The molecule has 4 fully saturated rings. The number of nitrogens with one attached hydrogen (secondary N) is 1. The molecule has 6 heteroatoms. The number of aromatic nitrogens is 1. The number of methoxy groups -OCH3 is 1. The van der Waals surface area contributed by atoms with Crippen molar-refractivity contribution in [1.29, 1.82) is 0 Å². The molecule has 0 radical (unpaired) electrons. The number of rotatable bonds is 8. The lowest BCUT2D eigenvalue weighted by Crippen LogP contribution is -2.47. The van der Waals surface area contributed by atoms with Crippen LogP contribution >= 0.6 is 11.3 Å². The average molecular weight is 566 g/mol. The van der Waals surface area contributed by atoms with E-state index in [1.165, 1.54) is 54.7 Å². The third-order valence-electron chi connectivity index (χ3n) is 10.3. The fourth-order valence-corrected chi connectivity index (χ4v) is 9.46. The normalized spacial score (nSPS) is 29.3. The van der Waals surface area contributed by atoms with Crippen LogP contribution in [0.25, 0.3) is 0 Å². The van der Waals surface area contributed by atoms with E-state index in [4.69, 9.17) is 11.2 Å². The van der Waals surface area contributed by atoms with Crippen molar-refractivity contribution in [1.82, 2.24) is 9.88 Å². The van der Waals surface area contributed by atoms with Gasteiger partial charge in [0.25, 0.3) is 5.91 Å². The summed E-state index contributed by atoms with van der Waals surface area (Å²) in [7, 11) is 1.71. The maximum absolute atomic E-state index is 14.2. The highest BCUT2D eigenvalue weighted by Gasteiger charge is 2.57. The maximum Gasteiger partial charge on any atom is 0.283 e. The molecule has 4 bridgehead atoms. The lowest BCUT2D eigenvalue weighted by molar-refractivity contribution is 0.0566. The Morgan fingerprint density at radius 1 is 1.17 bits per heavy atom. The predicted octanol–water partition coefficient (Wildman–Crippen LogP) is 7.47. The van der Waals surface area contributed by atoms with Gasteiger partial charge in [-0.05, 0) is 110 Å². The van der Waals surface area contributed by atoms with E-state index in [9.17, 15) is 4.79 Å². The van der Waals surface area contributed by atoms with Crippen molar-refractivity contribution in [2.75, 3.05) is 12.4 Å². The number of hydrogen-bond donors (Lipinski definition) is 1. The Morgan fingerprint density at radius 3 is 2.63 bits per heavy atom. The molecule has 212 valence electrons. The number of carbonyl (C=O) groups is 1. The van der Waals surface area contributed by atoms with Gasteiger partial charge in [-0.1, -0.05) is 38.0 Å². The Labute approximate surface area is 247 Å². The molecule has 1 aliphatic heterocycles. The summed E-state index contributed by atoms with van der Waals surface area (Å²) in [5.74, 6) is 6.05. The van der Waals surface area contributed by atoms with E-state index in [-0.39, 0.29) is 23.5 Å². The summed E-state index contributed by atoms with van der Waals surface area (Å²) in [6, 6.07) is 15.1. The molecule has 2 aromatic carbocycles. The predicted molar refractivity (Wildman–Crippen MR) is 164 cm³/mol. The highest BCUT2D eigenvalue weighted by Crippen LogP contribution is 2.61. The van der Waals surface area contributed by atoms with Crippen LogP contribution in [0.2, 0.25) is 0 Å². The van der Waals surface area contributed by atoms with Gasteiger partial charge in [0, 0.05) is 22.6 Å². The van der Waals surface area contributed by atoms with E-state index in [0.29, 0.717) is 10.7 Å². The summed E-state index contributed by atoms with van der Waals surface area (Å²) in [5.41, 5.74) is 5.55. The molecular formula is C35H39N3O2S. The molecule has 3 aromatic rings. The second kappa shape index (κ2) is 10.5. The minimum Gasteiger partial charge on any atom is -0.497 e. The van der Waals surface area contributed by atoms with Crippen LogP contribution in [0, 0.1) is 30.1 Å². The van der Waals surface area contributed by atoms with Crippen LogP contribution in [0.15, 0.2) is 47.8 Å². The van der Waals surface area contributed by atoms with Gasteiger partial charge in [-0.3, -0.25) is 4.79 Å². The zero-order valence-corrected chi connectivity index (χ0v) is 24.9. The molecule has 5 nitrogen and oxygen atoms in total. The summed E-state index contributed by atoms with van der Waals surface area (Å²) in [6.07, 6.45) is 16.4. The first kappa shape index (κ1) is 26.6. The van der Waals surface area contributed by atoms with Crippen LogP contribution in [-0.4, -0.2) is 34.5 Å². The standard InChI is InChI=1S/C35H39N3O2S/c1-4-6-7-29-17-25-18-30(40-3)12-13-31(25)32(38(29)34(39)33-36-27(5-2)21-41-33)24-8-10-28(11-9-24)37-35-19-22-14-23(20-35)16-26(35)15-22/h2,8-13,18,21-23,26,29,32,37H,4,6-7,14-17,19-20H2,1,3H3. The quantitative estimate of drug-likeness (QED) is 0.288. The Bertz CT molecular complexity index is 1470. The molecule has 4 aliphatic carbocycles. The Morgan fingerprint density at radius 2 is 1.95 bits per heavy atom. The lowest BCUT2D eigenvalue weighted by Gasteiger charge is -2.43. The topological polar surface area (TPSA) is 54.5 Å². The second-order valence-corrected chi connectivity index (χ2v) is 13.7. The van der Waals surface area contributed by atoms with Gasteiger partial charge in [-0.15, -0.1) is 17.8 Å². The van der Waals surface area contributed by atoms with Gasteiger partial charge < -0.3 is 15.0 Å². The number of hydrogen-bond acceptors (Lipinski definition) is 5. The van der Waals surface area contributed by atoms with Crippen LogP contribution in [-0.2, 0) is 6.42 Å². The SMILES string of the molecule is C#Cc1csc(C(=O)N2C(CCCC)Cc3cc(OC)ccc3C2c2ccc(NC34CC5CC(CC3C5)C4)cc2)n1. The van der Waals surface area contributed by atoms with Gasteiger partial charge in [-0.25, -0.2) is 4.98 Å². The monoisotopic (exact) mass is 565 g/mol. The number of nitrogens with zero attached hydrogens (tertiary/aromatic N) is 2. The Balaban J connectivity index is 1.26. The first-order chi connectivity index (χ1) is 20.0. The number of ether oxygens (including phenoxy) is 1. The van der Waals surface area contributed by atoms with Crippen LogP contribution in [0.3, 0.4) is 0 Å². The van der Waals surface area contributed by atoms with Crippen LogP contribution in [0.4, 0.5) is 5.69 Å². The smallest absolute Gasteiger partial charge is 0.283 e. The van der Waals surface area contributed by atoms with E-state index in [1.807, 2.05) is 6.07 Å². The molecule has 4 atom stereocenters. The summed E-state index contributed by atoms with van der Waals surface area (Å²) < 4.78 is 5.60. The fraction of sp³-hybridized carbons (Fsp3) is 0.486. The van der Waals surface area contributed by atoms with E-state index < -0.39 is 0 Å². The number of fused-ring (bicyclic) bond motifs is 1. The van der Waals surface area contributed by atoms with E-state index in [0.717, 1.165) is 60.3 Å². The minimum absolute atomic E-state index is 0.0378. The largest absolute Gasteiger partial charge is 0.497 e. The van der Waals surface area contributed by atoms with Crippen molar-refractivity contribution in [3.63, 3.8) is 0 Å². The molecule has 4 saturated carbocycles. The van der Waals surface area contributed by atoms with Gasteiger partial charge in [-0.2, -0.15) is 0 Å². The molecule has 2 heterocycles. The van der Waals surface area contributed by atoms with Crippen molar-refractivity contribution < 1.29 is 9.53 Å². The van der Waals surface area contributed by atoms with E-state index in [2.05, 4.69) is 64.4 Å². The molecule has 0 spiro atoms. The average Bonchev–Trinajstić information content (AvgIpc) is 3.63. The number of thiazole rings is 1. The Hall–Kier alpha value is -3.30. The zero-order valence-electron chi connectivity index (χ0n) is 24.1. The van der Waals surface area contributed by atoms with Crippen LogP contribution < -0.4 is 10.1 Å². The summed E-state index contributed by atoms with van der Waals surface area (Å²) in [4.78, 5) is 20.8. The van der Waals surface area contributed by atoms with E-state index in [1.54, 1.807) is 12.5 Å². The lowest BCUT2D eigenvalue weighted by atomic mass is 9.80. The number of amides is 1. The number of unbranched alkanes of at least 4 members (excludes halogenated alkanes) is 1. The number of benzene rings is 2. The number of anilines is 1. The molecule has 0 saturated heterocycles. The first-order valence-electron chi connectivity index (χ1n) is 15.3. The van der Waals surface area contributed by atoms with Crippen LogP contribution in [0.5, 0.6) is 5.75 Å². The second-order valence-electron chi connectivity index (χ2n) is 12.8. The zero-order chi connectivity index (χ0) is 28.1. The van der Waals surface area contributed by atoms with Crippen molar-refractivity contribution in [2.24, 2.45) is 17.8 Å². The third kappa shape index (κ3) is 4.63. The van der Waals surface area contributed by atoms with Crippen molar-refractivity contribution in [2.45, 2.75) is 82.3 Å². The molecular weight excluding hydrogens is 526 g/mol. The van der Waals surface area contributed by atoms with Gasteiger partial charge in [0.15, 0.2) is 5.01 Å². The number of carbonyl (C=O) groups excluding carboxylic acids is 1. The number of terminal acetylenes is 1. The molecule has 1 N–H and O–H groups in total. The molecule has 8 rings (SSSR count). The van der Waals surface area contributed by atoms with Crippen molar-refractivity contribution in [3.05, 3.63) is 75.2 Å². The molecule has 4 unspecified atom stereocenters. The minimum atomic E-state index is -0.206. The van der Waals surface area contributed by atoms with Crippen LogP contribution in [0.1, 0.15) is 96.5 Å². The first-order valence-corrected chi connectivity index (χ1v) is 16.2. The molecule has 41 heavy (non-hydrogen) atoms. The van der Waals surface area contributed by atoms with Gasteiger partial charge in [0.05, 0.1) is 13.2 Å². The fourth-order valence-electron chi connectivity index (χ4n) is 8.75. The van der Waals surface area contributed by atoms with Gasteiger partial charge >= 0.3 is 0 Å². The molecule has 1 amide bonds. The highest BCUT2D eigenvalue weighted by atomic mass is 32.1. The maximum atomic E-state index is 14.2. The van der Waals surface area contributed by atoms with E-state index >= 15 is 0 Å². The molecule has 1 aromatic heterocycles. The van der Waals surface area contributed by atoms with Gasteiger partial charge in [0.1, 0.15) is 11.4 Å². The van der Waals surface area contributed by atoms with Crippen molar-refractivity contribution in [3.8, 4) is 18.1 Å². The summed E-state index contributed by atoms with van der Waals surface area (Å²) in [5, 5.41) is 6.29. The third-order valence-corrected chi connectivity index (χ3v) is 11.2. The highest BCUT2D eigenvalue weighted by molar-refractivity contribution is 7.11. The van der Waals surface area contributed by atoms with Crippen molar-refractivity contribution >= 4 is 22.9 Å². The Kier molecular flexibility index (Phi) is 6.82. The molecule has 5 aliphatic rings. The van der Waals surface area contributed by atoms with Gasteiger partial charge in [0.2, 0.25) is 0 Å².